The predicted octanol–water partition coefficient (Wildman–Crippen LogP) is 2.21. The van der Waals surface area contributed by atoms with Gasteiger partial charge in [0.05, 0.1) is 16.5 Å². The first-order valence-corrected chi connectivity index (χ1v) is 8.30. The van der Waals surface area contributed by atoms with Crippen molar-refractivity contribution in [2.75, 3.05) is 6.26 Å². The number of hydrogen-bond acceptors (Lipinski definition) is 6. The Morgan fingerprint density at radius 1 is 1.25 bits per heavy atom. The highest BCUT2D eigenvalue weighted by Crippen LogP contribution is 2.27. The van der Waals surface area contributed by atoms with Crippen LogP contribution in [-0.2, 0) is 9.84 Å². The van der Waals surface area contributed by atoms with Crippen LogP contribution in [0.15, 0.2) is 45.5 Å². The van der Waals surface area contributed by atoms with Crippen molar-refractivity contribution in [1.29, 1.82) is 5.26 Å². The highest BCUT2D eigenvalue weighted by molar-refractivity contribution is 7.99. The lowest BCUT2D eigenvalue weighted by Gasteiger charge is -2.04. The van der Waals surface area contributed by atoms with Crippen LogP contribution in [0.3, 0.4) is 0 Å². The van der Waals surface area contributed by atoms with Gasteiger partial charge in [0.1, 0.15) is 5.03 Å². The minimum absolute atomic E-state index is 0.162. The number of nitrogens with zero attached hydrogens (tertiary/aromatic N) is 3. The van der Waals surface area contributed by atoms with Gasteiger partial charge in [-0.15, -0.1) is 0 Å². The molecule has 102 valence electrons. The van der Waals surface area contributed by atoms with Gasteiger partial charge in [0.25, 0.3) is 0 Å². The smallest absolute Gasteiger partial charge is 0.177 e. The van der Waals surface area contributed by atoms with Gasteiger partial charge in [0, 0.05) is 29.7 Å². The highest BCUT2D eigenvalue weighted by atomic mass is 32.2. The third-order valence-corrected chi connectivity index (χ3v) is 4.51. The summed E-state index contributed by atoms with van der Waals surface area (Å²) in [5.74, 6) is 0. The van der Waals surface area contributed by atoms with Gasteiger partial charge in [0.2, 0.25) is 0 Å². The third-order valence-electron chi connectivity index (χ3n) is 2.54. The quantitative estimate of drug-likeness (QED) is 0.864. The van der Waals surface area contributed by atoms with Crippen molar-refractivity contribution in [3.05, 3.63) is 41.9 Å². The standard InChI is InChI=1S/C13H11N3O2S2/c1-9-6-16-13(3-10(9)5-14)19-11-4-12(8-15-7-11)20(2,17)18/h3-4,6-8H,1-2H3. The maximum Gasteiger partial charge on any atom is 0.177 e. The number of hydrogen-bond donors (Lipinski definition) is 0. The summed E-state index contributed by atoms with van der Waals surface area (Å²) in [5.41, 5.74) is 1.36. The lowest BCUT2D eigenvalue weighted by molar-refractivity contribution is 0.601. The summed E-state index contributed by atoms with van der Waals surface area (Å²) >= 11 is 1.27. The van der Waals surface area contributed by atoms with E-state index in [1.54, 1.807) is 24.5 Å². The van der Waals surface area contributed by atoms with E-state index >= 15 is 0 Å². The normalized spacial score (nSPS) is 11.1. The van der Waals surface area contributed by atoms with E-state index in [0.717, 1.165) is 11.8 Å². The Bertz CT molecular complexity index is 796. The molecule has 7 heteroatoms. The molecule has 5 nitrogen and oxygen atoms in total. The fourth-order valence-corrected chi connectivity index (χ4v) is 2.95. The van der Waals surface area contributed by atoms with Crippen LogP contribution in [0.5, 0.6) is 0 Å². The summed E-state index contributed by atoms with van der Waals surface area (Å²) in [7, 11) is -3.29. The van der Waals surface area contributed by atoms with Crippen LogP contribution in [0, 0.1) is 18.3 Å². The Morgan fingerprint density at radius 2 is 2.00 bits per heavy atom. The summed E-state index contributed by atoms with van der Waals surface area (Å²) in [6.45, 7) is 1.81. The predicted molar refractivity (Wildman–Crippen MR) is 75.2 cm³/mol. The van der Waals surface area contributed by atoms with Crippen molar-refractivity contribution < 1.29 is 8.42 Å². The first kappa shape index (κ1) is 14.5. The van der Waals surface area contributed by atoms with Crippen LogP contribution in [0.4, 0.5) is 0 Å². The minimum Gasteiger partial charge on any atom is -0.262 e. The maximum atomic E-state index is 11.5. The fraction of sp³-hybridized carbons (Fsp3) is 0.154. The number of aryl methyl sites for hydroxylation is 1. The van der Waals surface area contributed by atoms with Crippen LogP contribution in [0.2, 0.25) is 0 Å². The number of rotatable bonds is 3. The van der Waals surface area contributed by atoms with Gasteiger partial charge >= 0.3 is 0 Å². The summed E-state index contributed by atoms with van der Waals surface area (Å²) in [6.07, 6.45) is 5.63. The third kappa shape index (κ3) is 3.35. The van der Waals surface area contributed by atoms with E-state index in [1.807, 2.05) is 6.92 Å². The van der Waals surface area contributed by atoms with Crippen molar-refractivity contribution in [2.45, 2.75) is 21.7 Å². The summed E-state index contributed by atoms with van der Waals surface area (Å²) in [4.78, 5) is 8.95. The molecule has 2 rings (SSSR count). The van der Waals surface area contributed by atoms with E-state index in [0.29, 0.717) is 15.5 Å². The average molecular weight is 305 g/mol. The molecule has 0 saturated carbocycles. The monoisotopic (exact) mass is 305 g/mol. The number of aromatic nitrogens is 2. The largest absolute Gasteiger partial charge is 0.262 e. The van der Waals surface area contributed by atoms with Crippen molar-refractivity contribution >= 4 is 21.6 Å². The average Bonchev–Trinajstić information content (AvgIpc) is 2.40. The molecule has 2 heterocycles. The SMILES string of the molecule is Cc1cnc(Sc2cncc(S(C)(=O)=O)c2)cc1C#N. The van der Waals surface area contributed by atoms with E-state index in [9.17, 15) is 8.42 Å². The molecule has 0 bridgehead atoms. The Morgan fingerprint density at radius 3 is 2.65 bits per heavy atom. The first-order valence-electron chi connectivity index (χ1n) is 5.60. The molecule has 0 aliphatic carbocycles. The molecule has 0 aliphatic heterocycles. The van der Waals surface area contributed by atoms with Crippen molar-refractivity contribution in [2.24, 2.45) is 0 Å². The van der Waals surface area contributed by atoms with Crippen LogP contribution >= 0.6 is 11.8 Å². The summed E-state index contributed by atoms with van der Waals surface area (Å²) < 4.78 is 22.9. The van der Waals surface area contributed by atoms with Gasteiger partial charge in [-0.2, -0.15) is 5.26 Å². The molecule has 0 aromatic carbocycles. The van der Waals surface area contributed by atoms with Crippen molar-refractivity contribution in [3.63, 3.8) is 0 Å². The Hall–Kier alpha value is -1.91. The van der Waals surface area contributed by atoms with Gasteiger partial charge in [0.15, 0.2) is 9.84 Å². The molecule has 2 aromatic heterocycles. The second kappa shape index (κ2) is 5.61. The second-order valence-corrected chi connectivity index (χ2v) is 7.29. The Kier molecular flexibility index (Phi) is 4.06. The van der Waals surface area contributed by atoms with Gasteiger partial charge in [-0.1, -0.05) is 11.8 Å². The molecule has 0 aliphatic rings. The molecule has 20 heavy (non-hydrogen) atoms. The fourth-order valence-electron chi connectivity index (χ4n) is 1.46. The number of sulfone groups is 1. The van der Waals surface area contributed by atoms with Crippen molar-refractivity contribution in [1.82, 2.24) is 9.97 Å². The zero-order valence-corrected chi connectivity index (χ0v) is 12.5. The molecule has 0 spiro atoms. The molecule has 0 saturated heterocycles. The zero-order chi connectivity index (χ0) is 14.8. The van der Waals surface area contributed by atoms with Gasteiger partial charge < -0.3 is 0 Å². The summed E-state index contributed by atoms with van der Waals surface area (Å²) in [6, 6.07) is 5.31. The van der Waals surface area contributed by atoms with Gasteiger partial charge in [-0.05, 0) is 24.6 Å². The van der Waals surface area contributed by atoms with Crippen molar-refractivity contribution in [3.8, 4) is 6.07 Å². The topological polar surface area (TPSA) is 83.7 Å². The van der Waals surface area contributed by atoms with E-state index in [2.05, 4.69) is 16.0 Å². The van der Waals surface area contributed by atoms with E-state index < -0.39 is 9.84 Å². The Labute approximate surface area is 121 Å². The molecular formula is C13H11N3O2S2. The van der Waals surface area contributed by atoms with E-state index in [4.69, 9.17) is 5.26 Å². The van der Waals surface area contributed by atoms with Gasteiger partial charge in [-0.3, -0.25) is 4.98 Å². The molecule has 0 atom stereocenters. The Balaban J connectivity index is 2.34. The molecule has 0 N–H and O–H groups in total. The zero-order valence-electron chi connectivity index (χ0n) is 10.9. The number of nitriles is 1. The van der Waals surface area contributed by atoms with Crippen LogP contribution in [-0.4, -0.2) is 24.6 Å². The molecule has 0 fully saturated rings. The number of pyridine rings is 2. The first-order chi connectivity index (χ1) is 9.40. The lowest BCUT2D eigenvalue weighted by atomic mass is 10.2. The molecule has 0 amide bonds. The maximum absolute atomic E-state index is 11.5. The summed E-state index contributed by atoms with van der Waals surface area (Å²) in [5, 5.41) is 9.61. The molecule has 0 unspecified atom stereocenters. The lowest BCUT2D eigenvalue weighted by Crippen LogP contribution is -1.97. The van der Waals surface area contributed by atoms with Gasteiger partial charge in [-0.25, -0.2) is 13.4 Å². The second-order valence-electron chi connectivity index (χ2n) is 4.18. The highest BCUT2D eigenvalue weighted by Gasteiger charge is 2.10. The van der Waals surface area contributed by atoms with Crippen LogP contribution in [0.1, 0.15) is 11.1 Å². The molecular weight excluding hydrogens is 294 g/mol. The molecule has 0 radical (unpaired) electrons. The molecule has 2 aromatic rings. The van der Waals surface area contributed by atoms with E-state index in [-0.39, 0.29) is 4.90 Å². The van der Waals surface area contributed by atoms with Crippen LogP contribution in [0.25, 0.3) is 0 Å². The van der Waals surface area contributed by atoms with E-state index in [1.165, 1.54) is 18.0 Å². The minimum atomic E-state index is -3.29. The van der Waals surface area contributed by atoms with Crippen LogP contribution < -0.4 is 0 Å².